The van der Waals surface area contributed by atoms with Gasteiger partial charge in [0.2, 0.25) is 0 Å². The number of hydrogen-bond acceptors (Lipinski definition) is 3. The highest BCUT2D eigenvalue weighted by molar-refractivity contribution is 5.82. The van der Waals surface area contributed by atoms with Crippen LogP contribution < -0.4 is 5.32 Å². The normalized spacial score (nSPS) is 11.8. The summed E-state index contributed by atoms with van der Waals surface area (Å²) in [7, 11) is 0. The number of hydrogen-bond donors (Lipinski definition) is 2. The average molecular weight is 300 g/mol. The summed E-state index contributed by atoms with van der Waals surface area (Å²) in [5.74, 6) is -1.09. The van der Waals surface area contributed by atoms with Crippen LogP contribution in [0.4, 0.5) is 18.9 Å². The summed E-state index contributed by atoms with van der Waals surface area (Å²) in [5.41, 5.74) is -2.68. The molecule has 1 aromatic carbocycles. The Kier molecular flexibility index (Phi) is 4.84. The molecule has 1 rings (SSSR count). The second kappa shape index (κ2) is 6.04. The van der Waals surface area contributed by atoms with Crippen LogP contribution in [0, 0.1) is 11.3 Å². The number of nitriles is 1. The molecule has 1 aromatic rings. The van der Waals surface area contributed by atoms with Gasteiger partial charge in [0, 0.05) is 5.69 Å². The first-order valence-corrected chi connectivity index (χ1v) is 6.33. The van der Waals surface area contributed by atoms with Crippen molar-refractivity contribution >= 4 is 11.7 Å². The second-order valence-corrected chi connectivity index (χ2v) is 4.59. The molecule has 0 amide bonds. The number of rotatable bonds is 5. The third kappa shape index (κ3) is 3.45. The molecule has 0 aliphatic heterocycles. The van der Waals surface area contributed by atoms with Crippen LogP contribution in [0.2, 0.25) is 0 Å². The van der Waals surface area contributed by atoms with E-state index in [1.807, 2.05) is 0 Å². The molecule has 0 aliphatic carbocycles. The van der Waals surface area contributed by atoms with E-state index in [-0.39, 0.29) is 18.5 Å². The maximum absolute atomic E-state index is 12.7. The van der Waals surface area contributed by atoms with Crippen molar-refractivity contribution in [3.63, 3.8) is 0 Å². The summed E-state index contributed by atoms with van der Waals surface area (Å²) in [6.07, 6.45) is -4.12. The zero-order valence-electron chi connectivity index (χ0n) is 11.6. The number of nitrogens with zero attached hydrogens (tertiary/aromatic N) is 1. The number of alkyl halides is 3. The van der Waals surface area contributed by atoms with E-state index in [4.69, 9.17) is 5.26 Å². The highest BCUT2D eigenvalue weighted by Crippen LogP contribution is 2.34. The van der Waals surface area contributed by atoms with E-state index in [0.29, 0.717) is 0 Å². The van der Waals surface area contributed by atoms with E-state index in [0.717, 1.165) is 18.2 Å². The lowest BCUT2D eigenvalue weighted by Crippen LogP contribution is -2.45. The lowest BCUT2D eigenvalue weighted by atomic mass is 9.92. The third-order valence-electron chi connectivity index (χ3n) is 3.45. The fourth-order valence-corrected chi connectivity index (χ4v) is 2.02. The monoisotopic (exact) mass is 300 g/mol. The summed E-state index contributed by atoms with van der Waals surface area (Å²) >= 11 is 0. The van der Waals surface area contributed by atoms with Gasteiger partial charge in [-0.05, 0) is 31.0 Å². The van der Waals surface area contributed by atoms with Gasteiger partial charge in [0.1, 0.15) is 5.54 Å². The zero-order chi connectivity index (χ0) is 16.3. The predicted octanol–water partition coefficient (Wildman–Crippen LogP) is 3.63. The Morgan fingerprint density at radius 2 is 1.90 bits per heavy atom. The molecular weight excluding hydrogens is 285 g/mol. The smallest absolute Gasteiger partial charge is 0.417 e. The van der Waals surface area contributed by atoms with Gasteiger partial charge in [-0.3, -0.25) is 0 Å². The van der Waals surface area contributed by atoms with Gasteiger partial charge in [0.05, 0.1) is 17.2 Å². The van der Waals surface area contributed by atoms with Crippen LogP contribution in [-0.4, -0.2) is 16.6 Å². The number of halogens is 3. The molecule has 0 bridgehead atoms. The molecule has 0 radical (unpaired) electrons. The van der Waals surface area contributed by atoms with Crippen LogP contribution in [0.15, 0.2) is 18.2 Å². The van der Waals surface area contributed by atoms with Gasteiger partial charge in [-0.15, -0.1) is 0 Å². The lowest BCUT2D eigenvalue weighted by Gasteiger charge is -2.29. The summed E-state index contributed by atoms with van der Waals surface area (Å²) < 4.78 is 38.1. The molecule has 0 aromatic heterocycles. The van der Waals surface area contributed by atoms with Gasteiger partial charge < -0.3 is 10.4 Å². The molecule has 2 N–H and O–H groups in total. The topological polar surface area (TPSA) is 73.1 Å². The number of nitrogens with one attached hydrogen (secondary N) is 1. The second-order valence-electron chi connectivity index (χ2n) is 4.59. The van der Waals surface area contributed by atoms with Crippen molar-refractivity contribution in [2.24, 2.45) is 0 Å². The van der Waals surface area contributed by atoms with Gasteiger partial charge in [-0.2, -0.15) is 18.4 Å². The Balaban J connectivity index is 3.23. The van der Waals surface area contributed by atoms with Gasteiger partial charge in [-0.25, -0.2) is 4.79 Å². The van der Waals surface area contributed by atoms with E-state index in [1.54, 1.807) is 13.8 Å². The molecule has 114 valence electrons. The van der Waals surface area contributed by atoms with Crippen molar-refractivity contribution in [1.29, 1.82) is 5.26 Å². The molecule has 7 heteroatoms. The number of carboxylic acids is 1. The van der Waals surface area contributed by atoms with Crippen LogP contribution in [0.1, 0.15) is 37.8 Å². The number of carboxylic acid groups (broad SMARTS) is 1. The first-order chi connectivity index (χ1) is 9.70. The largest absolute Gasteiger partial charge is 0.480 e. The highest BCUT2D eigenvalue weighted by atomic mass is 19.4. The Hall–Kier alpha value is -2.23. The zero-order valence-corrected chi connectivity index (χ0v) is 11.6. The molecule has 21 heavy (non-hydrogen) atoms. The number of benzene rings is 1. The minimum absolute atomic E-state index is 0.172. The molecule has 4 nitrogen and oxygen atoms in total. The standard InChI is InChI=1S/C14H15F3N2O2/c1-3-13(4-2,12(20)21)19-10-5-6-11(14(15,16)17)9(7-10)8-18/h5-7,19H,3-4H2,1-2H3,(H,20,21). The molecule has 0 heterocycles. The van der Waals surface area contributed by atoms with Crippen molar-refractivity contribution in [3.8, 4) is 6.07 Å². The van der Waals surface area contributed by atoms with E-state index in [1.165, 1.54) is 6.07 Å². The first-order valence-electron chi connectivity index (χ1n) is 6.33. The Morgan fingerprint density at radius 1 is 1.33 bits per heavy atom. The summed E-state index contributed by atoms with van der Waals surface area (Å²) in [5, 5.41) is 20.8. The van der Waals surface area contributed by atoms with Gasteiger partial charge in [0.25, 0.3) is 0 Å². The number of aliphatic carboxylic acids is 1. The maximum Gasteiger partial charge on any atom is 0.417 e. The first kappa shape index (κ1) is 16.8. The van der Waals surface area contributed by atoms with Crippen molar-refractivity contribution in [3.05, 3.63) is 29.3 Å². The van der Waals surface area contributed by atoms with Crippen molar-refractivity contribution in [2.75, 3.05) is 5.32 Å². The van der Waals surface area contributed by atoms with E-state index in [2.05, 4.69) is 5.32 Å². The van der Waals surface area contributed by atoms with Crippen molar-refractivity contribution in [1.82, 2.24) is 0 Å². The molecule has 0 atom stereocenters. The summed E-state index contributed by atoms with van der Waals surface area (Å²) in [4.78, 5) is 11.4. The molecule has 0 saturated heterocycles. The van der Waals surface area contributed by atoms with Crippen LogP contribution in [0.3, 0.4) is 0 Å². The third-order valence-corrected chi connectivity index (χ3v) is 3.45. The summed E-state index contributed by atoms with van der Waals surface area (Å²) in [6, 6.07) is 4.41. The van der Waals surface area contributed by atoms with Crippen molar-refractivity contribution < 1.29 is 23.1 Å². The van der Waals surface area contributed by atoms with Crippen LogP contribution in [0.5, 0.6) is 0 Å². The minimum atomic E-state index is -4.62. The number of anilines is 1. The van der Waals surface area contributed by atoms with Gasteiger partial charge in [-0.1, -0.05) is 13.8 Å². The fourth-order valence-electron chi connectivity index (χ4n) is 2.02. The van der Waals surface area contributed by atoms with Gasteiger partial charge >= 0.3 is 12.1 Å². The van der Waals surface area contributed by atoms with E-state index in [9.17, 15) is 23.1 Å². The van der Waals surface area contributed by atoms with Crippen LogP contribution >= 0.6 is 0 Å². The van der Waals surface area contributed by atoms with Crippen molar-refractivity contribution in [2.45, 2.75) is 38.4 Å². The fraction of sp³-hybridized carbons (Fsp3) is 0.429. The Morgan fingerprint density at radius 3 is 2.29 bits per heavy atom. The molecule has 0 saturated carbocycles. The number of carbonyl (C=O) groups is 1. The highest BCUT2D eigenvalue weighted by Gasteiger charge is 2.36. The van der Waals surface area contributed by atoms with E-state index >= 15 is 0 Å². The Bertz CT molecular complexity index is 573. The quantitative estimate of drug-likeness (QED) is 0.871. The molecule has 0 spiro atoms. The van der Waals surface area contributed by atoms with Gasteiger partial charge in [0.15, 0.2) is 0 Å². The average Bonchev–Trinajstić information content (AvgIpc) is 2.43. The summed E-state index contributed by atoms with van der Waals surface area (Å²) in [6.45, 7) is 3.33. The Labute approximate surface area is 120 Å². The lowest BCUT2D eigenvalue weighted by molar-refractivity contribution is -0.142. The molecule has 0 unspecified atom stereocenters. The SMILES string of the molecule is CCC(CC)(Nc1ccc(C(F)(F)F)c(C#N)c1)C(=O)O. The molecule has 0 fully saturated rings. The molecule has 0 aliphatic rings. The van der Waals surface area contributed by atoms with E-state index < -0.39 is 28.8 Å². The molecular formula is C14H15F3N2O2. The predicted molar refractivity (Wildman–Crippen MR) is 70.7 cm³/mol. The van der Waals surface area contributed by atoms with Crippen LogP contribution in [0.25, 0.3) is 0 Å². The van der Waals surface area contributed by atoms with Crippen LogP contribution in [-0.2, 0) is 11.0 Å². The maximum atomic E-state index is 12.7. The minimum Gasteiger partial charge on any atom is -0.480 e.